The van der Waals surface area contributed by atoms with Crippen LogP contribution in [0.1, 0.15) is 84.7 Å². The summed E-state index contributed by atoms with van der Waals surface area (Å²) >= 11 is 0. The molecule has 1 saturated carbocycles. The number of nitrogens with one attached hydrogen (secondary N) is 2. The maximum absolute atomic E-state index is 12.5. The fourth-order valence-electron chi connectivity index (χ4n) is 3.83. The number of ether oxygens (including phenoxy) is 1. The standard InChI is InChI=1S/C18H25N5O3/c24-17(13-11-20-22-16(13)12-5-2-1-3-6-12)19-9-8-15-21-18(26-23-15)14-7-4-10-25-14/h11-12,14H,1-10H2,(H,19,24)(H,20,22)/t14-/m0/s1. The molecule has 1 aliphatic carbocycles. The second-order valence-corrected chi connectivity index (χ2v) is 7.09. The molecule has 1 aliphatic heterocycles. The number of nitrogens with zero attached hydrogens (tertiary/aromatic N) is 3. The molecule has 0 bridgehead atoms. The highest BCUT2D eigenvalue weighted by atomic mass is 16.5. The van der Waals surface area contributed by atoms with Crippen LogP contribution in [0.15, 0.2) is 10.7 Å². The predicted molar refractivity (Wildman–Crippen MR) is 92.7 cm³/mol. The Morgan fingerprint density at radius 1 is 1.23 bits per heavy atom. The van der Waals surface area contributed by atoms with Gasteiger partial charge in [0.05, 0.1) is 17.5 Å². The Balaban J connectivity index is 1.30. The summed E-state index contributed by atoms with van der Waals surface area (Å²) in [6.07, 6.45) is 9.98. The van der Waals surface area contributed by atoms with Crippen molar-refractivity contribution in [3.05, 3.63) is 29.2 Å². The van der Waals surface area contributed by atoms with E-state index in [0.717, 1.165) is 38.0 Å². The molecule has 26 heavy (non-hydrogen) atoms. The molecule has 2 aromatic rings. The Morgan fingerprint density at radius 3 is 2.92 bits per heavy atom. The van der Waals surface area contributed by atoms with Gasteiger partial charge in [0, 0.05) is 25.5 Å². The van der Waals surface area contributed by atoms with Gasteiger partial charge in [0.2, 0.25) is 0 Å². The molecule has 2 aliphatic rings. The van der Waals surface area contributed by atoms with E-state index in [1.807, 2.05) is 0 Å². The number of amides is 1. The van der Waals surface area contributed by atoms with Crippen LogP contribution in [0.3, 0.4) is 0 Å². The van der Waals surface area contributed by atoms with Crippen LogP contribution >= 0.6 is 0 Å². The SMILES string of the molecule is O=C(NCCc1noc([C@@H]2CCCO2)n1)c1cn[nH]c1C1CCCCC1. The van der Waals surface area contributed by atoms with Gasteiger partial charge in [-0.3, -0.25) is 9.89 Å². The average molecular weight is 359 g/mol. The molecule has 0 spiro atoms. The van der Waals surface area contributed by atoms with E-state index in [1.54, 1.807) is 6.20 Å². The molecule has 0 unspecified atom stereocenters. The Hall–Kier alpha value is -2.22. The Labute approximate surface area is 152 Å². The van der Waals surface area contributed by atoms with Crippen LogP contribution in [0.4, 0.5) is 0 Å². The molecule has 0 radical (unpaired) electrons. The van der Waals surface area contributed by atoms with E-state index in [9.17, 15) is 4.79 Å². The second-order valence-electron chi connectivity index (χ2n) is 7.09. The van der Waals surface area contributed by atoms with Crippen molar-refractivity contribution in [1.29, 1.82) is 0 Å². The molecular weight excluding hydrogens is 334 g/mol. The molecule has 2 N–H and O–H groups in total. The van der Waals surface area contributed by atoms with Crippen LogP contribution in [0.25, 0.3) is 0 Å². The normalized spacial score (nSPS) is 21.2. The van der Waals surface area contributed by atoms with E-state index >= 15 is 0 Å². The summed E-state index contributed by atoms with van der Waals surface area (Å²) in [5.74, 6) is 1.45. The monoisotopic (exact) mass is 359 g/mol. The van der Waals surface area contributed by atoms with Gasteiger partial charge < -0.3 is 14.6 Å². The van der Waals surface area contributed by atoms with E-state index in [4.69, 9.17) is 9.26 Å². The van der Waals surface area contributed by atoms with Crippen molar-refractivity contribution in [2.24, 2.45) is 0 Å². The third-order valence-electron chi connectivity index (χ3n) is 5.25. The lowest BCUT2D eigenvalue weighted by molar-refractivity contribution is 0.0835. The van der Waals surface area contributed by atoms with Crippen molar-refractivity contribution in [3.63, 3.8) is 0 Å². The summed E-state index contributed by atoms with van der Waals surface area (Å²) in [7, 11) is 0. The number of hydrogen-bond donors (Lipinski definition) is 2. The van der Waals surface area contributed by atoms with Gasteiger partial charge in [-0.15, -0.1) is 0 Å². The van der Waals surface area contributed by atoms with E-state index in [1.165, 1.54) is 19.3 Å². The minimum Gasteiger partial charge on any atom is -0.368 e. The first-order chi connectivity index (χ1) is 12.8. The predicted octanol–water partition coefficient (Wildman–Crippen LogP) is 2.66. The van der Waals surface area contributed by atoms with Crippen molar-refractivity contribution in [2.75, 3.05) is 13.2 Å². The molecule has 140 valence electrons. The third kappa shape index (κ3) is 3.80. The van der Waals surface area contributed by atoms with Crippen LogP contribution < -0.4 is 5.32 Å². The highest BCUT2D eigenvalue weighted by Crippen LogP contribution is 2.33. The van der Waals surface area contributed by atoms with E-state index in [-0.39, 0.29) is 12.0 Å². The lowest BCUT2D eigenvalue weighted by Gasteiger charge is -2.21. The Morgan fingerprint density at radius 2 is 2.12 bits per heavy atom. The summed E-state index contributed by atoms with van der Waals surface area (Å²) in [5.41, 5.74) is 1.63. The summed E-state index contributed by atoms with van der Waals surface area (Å²) in [6.45, 7) is 1.20. The molecule has 4 rings (SSSR count). The molecule has 8 heteroatoms. The first-order valence-corrected chi connectivity index (χ1v) is 9.57. The average Bonchev–Trinajstić information content (AvgIpc) is 3.42. The van der Waals surface area contributed by atoms with Gasteiger partial charge in [0.15, 0.2) is 5.82 Å². The number of carbonyl (C=O) groups is 1. The molecule has 2 aromatic heterocycles. The zero-order valence-corrected chi connectivity index (χ0v) is 14.9. The van der Waals surface area contributed by atoms with Crippen LogP contribution in [0.2, 0.25) is 0 Å². The highest BCUT2D eigenvalue weighted by Gasteiger charge is 2.25. The van der Waals surface area contributed by atoms with Crippen molar-refractivity contribution in [3.8, 4) is 0 Å². The van der Waals surface area contributed by atoms with E-state index < -0.39 is 0 Å². The number of aromatic nitrogens is 4. The lowest BCUT2D eigenvalue weighted by atomic mass is 9.85. The minimum atomic E-state index is -0.0952. The number of rotatable bonds is 6. The van der Waals surface area contributed by atoms with Gasteiger partial charge in [-0.1, -0.05) is 24.4 Å². The van der Waals surface area contributed by atoms with Gasteiger partial charge >= 0.3 is 0 Å². The topological polar surface area (TPSA) is 106 Å². The first-order valence-electron chi connectivity index (χ1n) is 9.57. The molecule has 1 amide bonds. The van der Waals surface area contributed by atoms with Crippen molar-refractivity contribution >= 4 is 5.91 Å². The summed E-state index contributed by atoms with van der Waals surface area (Å²) in [5, 5.41) is 14.0. The van der Waals surface area contributed by atoms with Crippen LogP contribution in [-0.4, -0.2) is 39.4 Å². The zero-order valence-electron chi connectivity index (χ0n) is 14.9. The third-order valence-corrected chi connectivity index (χ3v) is 5.25. The van der Waals surface area contributed by atoms with E-state index in [2.05, 4.69) is 25.7 Å². The molecular formula is C18H25N5O3. The van der Waals surface area contributed by atoms with Crippen LogP contribution in [-0.2, 0) is 11.2 Å². The number of hydrogen-bond acceptors (Lipinski definition) is 6. The Bertz CT molecular complexity index is 729. The van der Waals surface area contributed by atoms with Gasteiger partial charge in [-0.25, -0.2) is 0 Å². The second kappa shape index (κ2) is 7.99. The smallest absolute Gasteiger partial charge is 0.255 e. The van der Waals surface area contributed by atoms with Crippen LogP contribution in [0, 0.1) is 0 Å². The molecule has 3 heterocycles. The van der Waals surface area contributed by atoms with E-state index in [0.29, 0.717) is 36.2 Å². The summed E-state index contributed by atoms with van der Waals surface area (Å²) in [6, 6.07) is 0. The summed E-state index contributed by atoms with van der Waals surface area (Å²) < 4.78 is 10.8. The van der Waals surface area contributed by atoms with Crippen molar-refractivity contribution in [1.82, 2.24) is 25.7 Å². The first kappa shape index (κ1) is 17.2. The maximum Gasteiger partial charge on any atom is 0.255 e. The van der Waals surface area contributed by atoms with Gasteiger partial charge in [0.1, 0.15) is 6.10 Å². The Kier molecular flexibility index (Phi) is 5.29. The molecule has 1 saturated heterocycles. The molecule has 2 fully saturated rings. The molecule has 8 nitrogen and oxygen atoms in total. The van der Waals surface area contributed by atoms with Crippen molar-refractivity contribution in [2.45, 2.75) is 63.4 Å². The summed E-state index contributed by atoms with van der Waals surface area (Å²) in [4.78, 5) is 16.9. The fourth-order valence-corrected chi connectivity index (χ4v) is 3.83. The van der Waals surface area contributed by atoms with Gasteiger partial charge in [-0.05, 0) is 25.7 Å². The molecule has 0 aromatic carbocycles. The fraction of sp³-hybridized carbons (Fsp3) is 0.667. The lowest BCUT2D eigenvalue weighted by Crippen LogP contribution is -2.27. The molecule has 1 atom stereocenters. The minimum absolute atomic E-state index is 0.0742. The highest BCUT2D eigenvalue weighted by molar-refractivity contribution is 5.95. The van der Waals surface area contributed by atoms with Gasteiger partial charge in [-0.2, -0.15) is 10.1 Å². The van der Waals surface area contributed by atoms with Crippen LogP contribution in [0.5, 0.6) is 0 Å². The number of carbonyl (C=O) groups excluding carboxylic acids is 1. The number of aromatic amines is 1. The maximum atomic E-state index is 12.5. The van der Waals surface area contributed by atoms with Gasteiger partial charge in [0.25, 0.3) is 11.8 Å². The van der Waals surface area contributed by atoms with Crippen molar-refractivity contribution < 1.29 is 14.1 Å². The number of H-pyrrole nitrogens is 1. The quantitative estimate of drug-likeness (QED) is 0.821. The largest absolute Gasteiger partial charge is 0.368 e. The zero-order chi connectivity index (χ0) is 17.8.